The van der Waals surface area contributed by atoms with Crippen LogP contribution in [0.2, 0.25) is 0 Å². The Morgan fingerprint density at radius 2 is 1.47 bits per heavy atom. The van der Waals surface area contributed by atoms with Crippen LogP contribution in [0.15, 0.2) is 42.1 Å². The van der Waals surface area contributed by atoms with Crippen LogP contribution in [-0.4, -0.2) is 167 Å². The third-order valence-corrected chi connectivity index (χ3v) is 21.3. The van der Waals surface area contributed by atoms with Crippen LogP contribution < -0.4 is 5.32 Å². The van der Waals surface area contributed by atoms with Gasteiger partial charge in [0.2, 0.25) is 5.91 Å². The average Bonchev–Trinajstić information content (AvgIpc) is 3.90. The van der Waals surface area contributed by atoms with E-state index in [0.29, 0.717) is 18.9 Å². The van der Waals surface area contributed by atoms with Gasteiger partial charge in [0, 0.05) is 0 Å². The summed E-state index contributed by atoms with van der Waals surface area (Å²) in [7, 11) is 0. The SMILES string of the molecule is Cc1ccccc1-n1cc(CNC(=O)[C@]23CCC(C)(C)C[C@H]2C2=CC[C@@H]4[C@@]5(C)CC[C@H](O[C@@H]6OC[C@H](O[C@@H]7O[C@H](CO)[C@@H](O)[C@H](O)[C@H]7O)[C@H](O)[C@H]6O[C@@H]6O[C@@H](C)[C@H](O)[C@@H](O)[C@H]6O)C(C)(C)[C@@H]5CC[C@@]4(C)[C@]2(C)CC3)nn1. The minimum atomic E-state index is -1.75. The summed E-state index contributed by atoms with van der Waals surface area (Å²) in [4.78, 5) is 14.9. The number of fused-ring (bicyclic) bond motifs is 7. The second-order valence-corrected chi connectivity index (χ2v) is 26.3. The van der Waals surface area contributed by atoms with Crippen LogP contribution in [0.1, 0.15) is 131 Å². The summed E-state index contributed by atoms with van der Waals surface area (Å²) in [6.07, 6.45) is -7.72. The molecular formula is C57H86N4O15. The maximum absolute atomic E-state index is 14.9. The summed E-state index contributed by atoms with van der Waals surface area (Å²) in [6.45, 7) is 19.7. The summed E-state index contributed by atoms with van der Waals surface area (Å²) in [5.74, 6) is 0.801. The average molecular weight is 1070 g/mol. The number of nitrogens with zero attached hydrogens (tertiary/aromatic N) is 3. The van der Waals surface area contributed by atoms with Gasteiger partial charge in [0.05, 0.1) is 49.3 Å². The number of aryl methyl sites for hydroxylation is 1. The van der Waals surface area contributed by atoms with Crippen molar-refractivity contribution >= 4 is 5.91 Å². The van der Waals surface area contributed by atoms with Crippen molar-refractivity contribution < 1.29 is 74.1 Å². The number of hydrogen-bond acceptors (Lipinski definition) is 17. The van der Waals surface area contributed by atoms with Crippen LogP contribution in [0.5, 0.6) is 0 Å². The Balaban J connectivity index is 0.873. The van der Waals surface area contributed by atoms with Gasteiger partial charge in [-0.3, -0.25) is 4.79 Å². The lowest BCUT2D eigenvalue weighted by Crippen LogP contribution is -2.66. The number of amides is 1. The summed E-state index contributed by atoms with van der Waals surface area (Å²) < 4.78 is 38.9. The van der Waals surface area contributed by atoms with Crippen LogP contribution in [0.25, 0.3) is 5.69 Å². The molecular weight excluding hydrogens is 981 g/mol. The molecule has 3 saturated heterocycles. The fourth-order valence-corrected chi connectivity index (χ4v) is 16.5. The van der Waals surface area contributed by atoms with Crippen LogP contribution >= 0.6 is 0 Å². The van der Waals surface area contributed by atoms with Crippen molar-refractivity contribution in [3.8, 4) is 5.69 Å². The zero-order chi connectivity index (χ0) is 54.7. The normalized spacial score (nSPS) is 46.8. The molecule has 1 aromatic carbocycles. The zero-order valence-corrected chi connectivity index (χ0v) is 45.8. The second kappa shape index (κ2) is 20.5. The number of carbonyl (C=O) groups excluding carboxylic acids is 1. The molecule has 9 N–H and O–H groups in total. The lowest BCUT2D eigenvalue weighted by atomic mass is 9.33. The molecule has 2 aromatic rings. The third-order valence-electron chi connectivity index (χ3n) is 21.3. The van der Waals surface area contributed by atoms with E-state index in [2.05, 4.69) is 70.2 Å². The predicted molar refractivity (Wildman–Crippen MR) is 273 cm³/mol. The molecule has 10 rings (SSSR count). The van der Waals surface area contributed by atoms with Gasteiger partial charge < -0.3 is 74.6 Å². The molecule has 8 aliphatic rings. The summed E-state index contributed by atoms with van der Waals surface area (Å²) in [6, 6.07) is 8.04. The number of nitrogens with one attached hydrogen (secondary N) is 1. The van der Waals surface area contributed by atoms with Gasteiger partial charge in [-0.05, 0) is 135 Å². The van der Waals surface area contributed by atoms with Gasteiger partial charge in [-0.15, -0.1) is 5.10 Å². The molecule has 7 fully saturated rings. The van der Waals surface area contributed by atoms with E-state index in [1.807, 2.05) is 37.4 Å². The van der Waals surface area contributed by atoms with Gasteiger partial charge in [-0.1, -0.05) is 83.5 Å². The molecule has 1 aromatic heterocycles. The van der Waals surface area contributed by atoms with E-state index in [4.69, 9.17) is 28.4 Å². The molecule has 22 atom stereocenters. The van der Waals surface area contributed by atoms with Crippen molar-refractivity contribution in [1.82, 2.24) is 20.3 Å². The first-order valence-corrected chi connectivity index (χ1v) is 28.0. The number of carbonyl (C=O) groups is 1. The topological polar surface area (TPSA) is 277 Å². The smallest absolute Gasteiger partial charge is 0.227 e. The van der Waals surface area contributed by atoms with Gasteiger partial charge in [-0.2, -0.15) is 0 Å². The first-order valence-electron chi connectivity index (χ1n) is 28.0. The quantitative estimate of drug-likeness (QED) is 0.115. The van der Waals surface area contributed by atoms with Crippen molar-refractivity contribution in [2.45, 2.75) is 225 Å². The van der Waals surface area contributed by atoms with Gasteiger partial charge >= 0.3 is 0 Å². The Hall–Kier alpha value is -2.99. The molecule has 1 amide bonds. The number of para-hydroxylation sites is 1. The lowest BCUT2D eigenvalue weighted by molar-refractivity contribution is -0.380. The molecule has 0 spiro atoms. The first-order chi connectivity index (χ1) is 35.8. The lowest BCUT2D eigenvalue weighted by Gasteiger charge is -2.71. The maximum atomic E-state index is 14.9. The Bertz CT molecular complexity index is 2450. The van der Waals surface area contributed by atoms with Crippen molar-refractivity contribution in [2.75, 3.05) is 13.2 Å². The molecule has 0 radical (unpaired) electrons. The highest BCUT2D eigenvalue weighted by molar-refractivity contribution is 5.84. The number of ether oxygens (including phenoxy) is 6. The molecule has 19 nitrogen and oxygen atoms in total. The predicted octanol–water partition coefficient (Wildman–Crippen LogP) is 3.49. The van der Waals surface area contributed by atoms with Gasteiger partial charge in [0.1, 0.15) is 66.7 Å². The van der Waals surface area contributed by atoms with E-state index >= 15 is 0 Å². The molecule has 0 bridgehead atoms. The number of aliphatic hydroxyl groups excluding tert-OH is 8. The van der Waals surface area contributed by atoms with E-state index in [1.165, 1.54) is 12.5 Å². The number of aromatic nitrogens is 3. The monoisotopic (exact) mass is 1070 g/mol. The van der Waals surface area contributed by atoms with Gasteiger partial charge in [-0.25, -0.2) is 4.68 Å². The minimum Gasteiger partial charge on any atom is -0.394 e. The van der Waals surface area contributed by atoms with Crippen LogP contribution in [0.4, 0.5) is 0 Å². The fourth-order valence-electron chi connectivity index (χ4n) is 16.5. The van der Waals surface area contributed by atoms with Crippen molar-refractivity contribution in [3.63, 3.8) is 0 Å². The molecule has 3 aliphatic heterocycles. The highest BCUT2D eigenvalue weighted by Crippen LogP contribution is 2.76. The van der Waals surface area contributed by atoms with Crippen molar-refractivity contribution in [2.24, 2.45) is 50.2 Å². The standard InChI is InChI=1S/C57H86N4O15/c1-29-12-10-11-13-34(29)61-26-31(59-60-61)25-58-51(70)57-22-20-52(3,4)24-33(57)32-14-15-38-54(7)18-17-39(53(5,6)37(54)16-19-56(38,9)55(32,8)21-23-57)75-50-47(76-48-45(68)43(66)40(63)30(2)72-48)42(65)36(28-71-50)74-49-46(69)44(67)41(64)35(27-62)73-49/h10-14,26,30,33,35-50,62-69H,15-25,27-28H2,1-9H3,(H,58,70)/t30-,33-,35+,36-,37-,38+,39-,40-,41+,42-,43+,44-,45+,46+,47+,48-,49-,50-,54-,55+,56+,57-/m0/s1. The largest absolute Gasteiger partial charge is 0.394 e. The molecule has 4 saturated carbocycles. The van der Waals surface area contributed by atoms with Gasteiger partial charge in [0.25, 0.3) is 0 Å². The number of aliphatic hydroxyl groups is 8. The van der Waals surface area contributed by atoms with E-state index < -0.39 is 103 Å². The maximum Gasteiger partial charge on any atom is 0.227 e. The number of benzene rings is 1. The summed E-state index contributed by atoms with van der Waals surface area (Å²) in [5.41, 5.74) is 3.12. The zero-order valence-electron chi connectivity index (χ0n) is 45.8. The number of rotatable bonds is 11. The molecule has 76 heavy (non-hydrogen) atoms. The summed E-state index contributed by atoms with van der Waals surface area (Å²) in [5, 5.41) is 98.1. The first kappa shape index (κ1) is 56.3. The summed E-state index contributed by atoms with van der Waals surface area (Å²) >= 11 is 0. The Morgan fingerprint density at radius 1 is 0.776 bits per heavy atom. The van der Waals surface area contributed by atoms with E-state index in [-0.39, 0.29) is 52.1 Å². The number of hydrogen-bond donors (Lipinski definition) is 9. The molecule has 5 aliphatic carbocycles. The molecule has 424 valence electrons. The second-order valence-electron chi connectivity index (χ2n) is 26.3. The Morgan fingerprint density at radius 3 is 2.20 bits per heavy atom. The minimum absolute atomic E-state index is 0.0496. The van der Waals surface area contributed by atoms with E-state index in [0.717, 1.165) is 74.7 Å². The fraction of sp³-hybridized carbons (Fsp3) is 0.807. The Kier molecular flexibility index (Phi) is 15.2. The molecule has 19 heteroatoms. The Labute approximate surface area is 446 Å². The highest BCUT2D eigenvalue weighted by Gasteiger charge is 2.70. The van der Waals surface area contributed by atoms with Gasteiger partial charge in [0.15, 0.2) is 18.9 Å². The third kappa shape index (κ3) is 9.25. The molecule has 0 unspecified atom stereocenters. The van der Waals surface area contributed by atoms with E-state index in [1.54, 1.807) is 4.68 Å². The molecule has 4 heterocycles. The van der Waals surface area contributed by atoms with Crippen molar-refractivity contribution in [1.29, 1.82) is 0 Å². The van der Waals surface area contributed by atoms with E-state index in [9.17, 15) is 45.6 Å². The van der Waals surface area contributed by atoms with Crippen molar-refractivity contribution in [3.05, 3.63) is 53.4 Å². The van der Waals surface area contributed by atoms with Crippen LogP contribution in [0, 0.1) is 57.2 Å². The number of allylic oxidation sites excluding steroid dienone is 2. The van der Waals surface area contributed by atoms with Crippen LogP contribution in [-0.2, 0) is 39.8 Å². The van der Waals surface area contributed by atoms with Crippen LogP contribution in [0.3, 0.4) is 0 Å². The highest BCUT2D eigenvalue weighted by atomic mass is 16.8.